The molecule has 0 N–H and O–H groups in total. The van der Waals surface area contributed by atoms with Gasteiger partial charge in [-0.2, -0.15) is 0 Å². The van der Waals surface area contributed by atoms with Gasteiger partial charge in [0.25, 0.3) is 0 Å². The Bertz CT molecular complexity index is 741. The van der Waals surface area contributed by atoms with Gasteiger partial charge in [-0.05, 0) is 36.2 Å². The van der Waals surface area contributed by atoms with Crippen LogP contribution in [0.1, 0.15) is 11.1 Å². The van der Waals surface area contributed by atoms with Crippen molar-refractivity contribution in [3.05, 3.63) is 54.0 Å². The maximum Gasteiger partial charge on any atom is 0.154 e. The van der Waals surface area contributed by atoms with Crippen LogP contribution in [0.4, 0.5) is 0 Å². The van der Waals surface area contributed by atoms with Crippen LogP contribution in [0.25, 0.3) is 29.0 Å². The van der Waals surface area contributed by atoms with Gasteiger partial charge in [-0.1, -0.05) is 12.2 Å². The molecule has 3 aromatic heterocycles. The van der Waals surface area contributed by atoms with E-state index in [1.165, 1.54) is 0 Å². The van der Waals surface area contributed by atoms with Gasteiger partial charge in [-0.15, -0.1) is 10.2 Å². The van der Waals surface area contributed by atoms with Gasteiger partial charge in [0.2, 0.25) is 0 Å². The van der Waals surface area contributed by atoms with Crippen molar-refractivity contribution < 1.29 is 8.83 Å². The lowest BCUT2D eigenvalue weighted by molar-refractivity contribution is 0.573. The summed E-state index contributed by atoms with van der Waals surface area (Å²) in [6.45, 7) is 0. The Kier molecular flexibility index (Phi) is 2.14. The third-order valence-corrected chi connectivity index (χ3v) is 3.23. The molecule has 0 amide bonds. The van der Waals surface area contributed by atoms with Crippen LogP contribution < -0.4 is 0 Å². The Hall–Kier alpha value is -2.62. The molecule has 0 saturated carbocycles. The molecular weight excluding hydrogens is 240 g/mol. The van der Waals surface area contributed by atoms with Crippen LogP contribution in [0.5, 0.6) is 0 Å². The van der Waals surface area contributed by atoms with Gasteiger partial charge in [-0.25, -0.2) is 0 Å². The number of fused-ring (bicyclic) bond motifs is 1. The third kappa shape index (κ3) is 1.53. The average molecular weight is 250 g/mol. The maximum absolute atomic E-state index is 5.42. The summed E-state index contributed by atoms with van der Waals surface area (Å²) in [5.41, 5.74) is 3.79. The molecule has 4 heteroatoms. The van der Waals surface area contributed by atoms with Crippen molar-refractivity contribution in [1.29, 1.82) is 0 Å². The van der Waals surface area contributed by atoms with Crippen LogP contribution in [0, 0.1) is 0 Å². The number of hydrogen-bond donors (Lipinski definition) is 0. The highest BCUT2D eigenvalue weighted by atomic mass is 16.3. The standard InChI is InChI=1S/C15H10N2O2/c1-4-10-11(5-1)15(13-7-3-9-19-13)17-16-14(10)12-6-2-8-18-12/h1-4,6-9H,5H2. The average Bonchev–Trinajstić information content (AvgIpc) is 3.19. The van der Waals surface area contributed by atoms with Crippen molar-refractivity contribution in [2.24, 2.45) is 0 Å². The fourth-order valence-corrected chi connectivity index (χ4v) is 2.37. The lowest BCUT2D eigenvalue weighted by atomic mass is 10.0. The van der Waals surface area contributed by atoms with Crippen LogP contribution in [0.2, 0.25) is 0 Å². The molecule has 0 unspecified atom stereocenters. The molecule has 0 aromatic carbocycles. The van der Waals surface area contributed by atoms with Crippen molar-refractivity contribution in [2.45, 2.75) is 6.42 Å². The van der Waals surface area contributed by atoms with Crippen molar-refractivity contribution in [3.63, 3.8) is 0 Å². The van der Waals surface area contributed by atoms with E-state index in [-0.39, 0.29) is 0 Å². The minimum absolute atomic E-state index is 0.737. The highest BCUT2D eigenvalue weighted by Gasteiger charge is 2.21. The summed E-state index contributed by atoms with van der Waals surface area (Å²) in [4.78, 5) is 0. The fraction of sp³-hybridized carbons (Fsp3) is 0.0667. The summed E-state index contributed by atoms with van der Waals surface area (Å²) in [5, 5.41) is 8.60. The van der Waals surface area contributed by atoms with Crippen molar-refractivity contribution in [3.8, 4) is 22.9 Å². The molecule has 3 aromatic rings. The first-order valence-corrected chi connectivity index (χ1v) is 6.07. The molecule has 0 atom stereocenters. The van der Waals surface area contributed by atoms with Crippen LogP contribution >= 0.6 is 0 Å². The van der Waals surface area contributed by atoms with E-state index >= 15 is 0 Å². The van der Waals surface area contributed by atoms with E-state index in [0.29, 0.717) is 0 Å². The topological polar surface area (TPSA) is 52.1 Å². The highest BCUT2D eigenvalue weighted by molar-refractivity contribution is 5.78. The van der Waals surface area contributed by atoms with E-state index in [0.717, 1.165) is 40.5 Å². The van der Waals surface area contributed by atoms with E-state index in [1.54, 1.807) is 12.5 Å². The summed E-state index contributed by atoms with van der Waals surface area (Å²) < 4.78 is 10.8. The molecule has 3 heterocycles. The lowest BCUT2D eigenvalue weighted by Crippen LogP contribution is -1.98. The molecule has 0 fully saturated rings. The summed E-state index contributed by atoms with van der Waals surface area (Å²) in [6.07, 6.45) is 8.30. The Morgan fingerprint density at radius 1 is 0.895 bits per heavy atom. The fourth-order valence-electron chi connectivity index (χ4n) is 2.37. The van der Waals surface area contributed by atoms with E-state index in [9.17, 15) is 0 Å². The zero-order valence-corrected chi connectivity index (χ0v) is 10.0. The van der Waals surface area contributed by atoms with Crippen LogP contribution in [-0.4, -0.2) is 10.2 Å². The van der Waals surface area contributed by atoms with Gasteiger partial charge in [-0.3, -0.25) is 0 Å². The van der Waals surface area contributed by atoms with Gasteiger partial charge >= 0.3 is 0 Å². The van der Waals surface area contributed by atoms with Crippen LogP contribution in [0.3, 0.4) is 0 Å². The number of aromatic nitrogens is 2. The van der Waals surface area contributed by atoms with Gasteiger partial charge in [0.15, 0.2) is 11.5 Å². The second-order valence-corrected chi connectivity index (χ2v) is 4.35. The first-order chi connectivity index (χ1) is 9.43. The number of hydrogen-bond acceptors (Lipinski definition) is 4. The molecule has 1 aliphatic rings. The van der Waals surface area contributed by atoms with Crippen LogP contribution in [0.15, 0.2) is 51.7 Å². The number of furan rings is 2. The monoisotopic (exact) mass is 250 g/mol. The molecule has 0 spiro atoms. The SMILES string of the molecule is C1=Cc2c(-c3ccco3)nnc(-c3ccco3)c2C1. The third-order valence-electron chi connectivity index (χ3n) is 3.23. The number of allylic oxidation sites excluding steroid dienone is 1. The van der Waals surface area contributed by atoms with E-state index in [4.69, 9.17) is 8.83 Å². The summed E-state index contributed by atoms with van der Waals surface area (Å²) in [5.74, 6) is 1.49. The second kappa shape index (κ2) is 3.95. The lowest BCUT2D eigenvalue weighted by Gasteiger charge is -2.07. The molecule has 0 aliphatic heterocycles. The molecule has 0 radical (unpaired) electrons. The van der Waals surface area contributed by atoms with Crippen LogP contribution in [-0.2, 0) is 6.42 Å². The number of rotatable bonds is 2. The molecule has 0 saturated heterocycles. The Morgan fingerprint density at radius 2 is 1.58 bits per heavy atom. The van der Waals surface area contributed by atoms with Crippen molar-refractivity contribution in [2.75, 3.05) is 0 Å². The minimum atomic E-state index is 0.737. The Balaban J connectivity index is 1.94. The van der Waals surface area contributed by atoms with Gasteiger partial charge in [0.05, 0.1) is 12.5 Å². The molecule has 19 heavy (non-hydrogen) atoms. The highest BCUT2D eigenvalue weighted by Crippen LogP contribution is 2.34. The largest absolute Gasteiger partial charge is 0.463 e. The quantitative estimate of drug-likeness (QED) is 0.697. The Labute approximate surface area is 109 Å². The molecule has 4 rings (SSSR count). The summed E-state index contributed by atoms with van der Waals surface area (Å²) in [7, 11) is 0. The number of nitrogens with zero attached hydrogens (tertiary/aromatic N) is 2. The smallest absolute Gasteiger partial charge is 0.154 e. The predicted octanol–water partition coefficient (Wildman–Crippen LogP) is 3.57. The first kappa shape index (κ1) is 10.3. The van der Waals surface area contributed by atoms with Crippen molar-refractivity contribution >= 4 is 6.08 Å². The van der Waals surface area contributed by atoms with Gasteiger partial charge < -0.3 is 8.83 Å². The first-order valence-electron chi connectivity index (χ1n) is 6.07. The normalized spacial score (nSPS) is 12.8. The van der Waals surface area contributed by atoms with Gasteiger partial charge in [0, 0.05) is 5.56 Å². The van der Waals surface area contributed by atoms with E-state index in [1.807, 2.05) is 24.3 Å². The minimum Gasteiger partial charge on any atom is -0.463 e. The zero-order valence-electron chi connectivity index (χ0n) is 10.0. The maximum atomic E-state index is 5.42. The molecule has 4 nitrogen and oxygen atoms in total. The summed E-state index contributed by atoms with van der Waals surface area (Å²) in [6, 6.07) is 7.49. The van der Waals surface area contributed by atoms with E-state index in [2.05, 4.69) is 22.3 Å². The molecular formula is C15H10N2O2. The van der Waals surface area contributed by atoms with E-state index < -0.39 is 0 Å². The second-order valence-electron chi connectivity index (χ2n) is 4.35. The molecule has 92 valence electrons. The Morgan fingerprint density at radius 3 is 2.26 bits per heavy atom. The van der Waals surface area contributed by atoms with Crippen molar-refractivity contribution in [1.82, 2.24) is 10.2 Å². The summed E-state index contributed by atoms with van der Waals surface area (Å²) >= 11 is 0. The molecule has 0 bridgehead atoms. The zero-order chi connectivity index (χ0) is 12.7. The predicted molar refractivity (Wildman–Crippen MR) is 70.2 cm³/mol. The molecule has 1 aliphatic carbocycles. The van der Waals surface area contributed by atoms with Gasteiger partial charge in [0.1, 0.15) is 11.4 Å².